The number of halogens is 1. The van der Waals surface area contributed by atoms with E-state index >= 15 is 0 Å². The molecular formula is C14H17BrN4. The van der Waals surface area contributed by atoms with Crippen molar-refractivity contribution >= 4 is 33.3 Å². The maximum Gasteiger partial charge on any atom is 0.139 e. The van der Waals surface area contributed by atoms with Crippen molar-refractivity contribution in [2.75, 3.05) is 11.1 Å². The number of nitrogen functional groups attached to an aromatic ring is 1. The molecule has 3 N–H and O–H groups in total. The number of aryl methyl sites for hydroxylation is 1. The second kappa shape index (κ2) is 6.02. The fraction of sp³-hybridized carbons (Fsp3) is 0.286. The second-order valence-corrected chi connectivity index (χ2v) is 5.34. The molecule has 0 radical (unpaired) electrons. The molecule has 0 aliphatic carbocycles. The lowest BCUT2D eigenvalue weighted by molar-refractivity contribution is 0.908. The lowest BCUT2D eigenvalue weighted by atomic mass is 10.1. The summed E-state index contributed by atoms with van der Waals surface area (Å²) < 4.78 is 1.03. The van der Waals surface area contributed by atoms with Crippen molar-refractivity contribution in [3.63, 3.8) is 0 Å². The predicted octanol–water partition coefficient (Wildman–Crippen LogP) is 3.83. The first kappa shape index (κ1) is 13.8. The van der Waals surface area contributed by atoms with Gasteiger partial charge in [-0.15, -0.1) is 0 Å². The number of hydrogen-bond donors (Lipinski definition) is 2. The lowest BCUT2D eigenvalue weighted by Gasteiger charge is -2.13. The Morgan fingerprint density at radius 1 is 1.32 bits per heavy atom. The van der Waals surface area contributed by atoms with Gasteiger partial charge >= 0.3 is 0 Å². The van der Waals surface area contributed by atoms with Gasteiger partial charge in [0.25, 0.3) is 0 Å². The molecule has 0 saturated carbocycles. The maximum atomic E-state index is 5.93. The van der Waals surface area contributed by atoms with Crippen LogP contribution in [-0.4, -0.2) is 9.97 Å². The first-order valence-corrected chi connectivity index (χ1v) is 7.03. The summed E-state index contributed by atoms with van der Waals surface area (Å²) in [7, 11) is 0. The van der Waals surface area contributed by atoms with Crippen LogP contribution in [0.5, 0.6) is 0 Å². The van der Waals surface area contributed by atoms with Crippen LogP contribution in [0.25, 0.3) is 0 Å². The van der Waals surface area contributed by atoms with Gasteiger partial charge in [-0.2, -0.15) is 0 Å². The second-order valence-electron chi connectivity index (χ2n) is 4.42. The average molecular weight is 321 g/mol. The van der Waals surface area contributed by atoms with Gasteiger partial charge in [0, 0.05) is 15.7 Å². The highest BCUT2D eigenvalue weighted by atomic mass is 79.9. The van der Waals surface area contributed by atoms with Crippen LogP contribution in [0.3, 0.4) is 0 Å². The molecule has 0 aliphatic rings. The normalized spacial score (nSPS) is 10.5. The number of hydrogen-bond acceptors (Lipinski definition) is 4. The van der Waals surface area contributed by atoms with Crippen LogP contribution in [0, 0.1) is 6.92 Å². The van der Waals surface area contributed by atoms with Crippen LogP contribution in [-0.2, 0) is 6.42 Å². The molecule has 0 fully saturated rings. The van der Waals surface area contributed by atoms with E-state index in [9.17, 15) is 0 Å². The molecule has 0 bridgehead atoms. The molecule has 1 heterocycles. The molecule has 4 nitrogen and oxygen atoms in total. The van der Waals surface area contributed by atoms with E-state index in [2.05, 4.69) is 51.1 Å². The number of anilines is 3. The fourth-order valence-corrected chi connectivity index (χ4v) is 2.25. The van der Waals surface area contributed by atoms with E-state index in [0.29, 0.717) is 5.82 Å². The molecule has 2 aromatic rings. The van der Waals surface area contributed by atoms with Gasteiger partial charge in [-0.1, -0.05) is 35.3 Å². The topological polar surface area (TPSA) is 63.8 Å². The van der Waals surface area contributed by atoms with Crippen molar-refractivity contribution in [1.29, 1.82) is 0 Å². The summed E-state index contributed by atoms with van der Waals surface area (Å²) in [5, 5.41) is 3.35. The SMILES string of the molecule is CCCc1c(N)ncnc1Nc1cc(Br)ccc1C. The highest BCUT2D eigenvalue weighted by molar-refractivity contribution is 9.10. The van der Waals surface area contributed by atoms with Gasteiger partial charge in [0.15, 0.2) is 0 Å². The van der Waals surface area contributed by atoms with Crippen LogP contribution in [0.1, 0.15) is 24.5 Å². The molecular weight excluding hydrogens is 304 g/mol. The molecule has 19 heavy (non-hydrogen) atoms. The zero-order valence-corrected chi connectivity index (χ0v) is 12.7. The van der Waals surface area contributed by atoms with Crippen LogP contribution < -0.4 is 11.1 Å². The molecule has 0 amide bonds. The van der Waals surface area contributed by atoms with Crippen LogP contribution in [0.4, 0.5) is 17.3 Å². The number of nitrogens with two attached hydrogens (primary N) is 1. The molecule has 0 saturated heterocycles. The van der Waals surface area contributed by atoms with Crippen LogP contribution in [0.2, 0.25) is 0 Å². The standard InChI is InChI=1S/C14H17BrN4/c1-3-4-11-13(16)17-8-18-14(11)19-12-7-10(15)6-5-9(12)2/h5-8H,3-4H2,1-2H3,(H3,16,17,18,19). The Bertz CT molecular complexity index is 584. The average Bonchev–Trinajstić information content (AvgIpc) is 2.38. The number of nitrogens with zero attached hydrogens (tertiary/aromatic N) is 2. The Hall–Kier alpha value is -1.62. The Kier molecular flexibility index (Phi) is 4.37. The van der Waals surface area contributed by atoms with Gasteiger partial charge in [0.2, 0.25) is 0 Å². The lowest BCUT2D eigenvalue weighted by Crippen LogP contribution is -2.05. The van der Waals surface area contributed by atoms with E-state index < -0.39 is 0 Å². The van der Waals surface area contributed by atoms with E-state index in [-0.39, 0.29) is 0 Å². The summed E-state index contributed by atoms with van der Waals surface area (Å²) >= 11 is 3.48. The molecule has 100 valence electrons. The van der Waals surface area contributed by atoms with Gasteiger partial charge in [-0.05, 0) is 31.0 Å². The maximum absolute atomic E-state index is 5.93. The Balaban J connectivity index is 2.37. The minimum absolute atomic E-state index is 0.548. The molecule has 1 aromatic heterocycles. The monoisotopic (exact) mass is 320 g/mol. The highest BCUT2D eigenvalue weighted by Crippen LogP contribution is 2.27. The molecule has 0 atom stereocenters. The molecule has 0 aliphatic heterocycles. The van der Waals surface area contributed by atoms with E-state index in [1.54, 1.807) is 0 Å². The summed E-state index contributed by atoms with van der Waals surface area (Å²) in [6.07, 6.45) is 3.36. The molecule has 1 aromatic carbocycles. The van der Waals surface area contributed by atoms with Crippen molar-refractivity contribution in [2.45, 2.75) is 26.7 Å². The number of nitrogens with one attached hydrogen (secondary N) is 1. The highest BCUT2D eigenvalue weighted by Gasteiger charge is 2.09. The van der Waals surface area contributed by atoms with Gasteiger partial charge < -0.3 is 11.1 Å². The van der Waals surface area contributed by atoms with Crippen molar-refractivity contribution in [3.05, 3.63) is 40.1 Å². The summed E-state index contributed by atoms with van der Waals surface area (Å²) in [6.45, 7) is 4.17. The van der Waals surface area contributed by atoms with Gasteiger partial charge in [-0.3, -0.25) is 0 Å². The Morgan fingerprint density at radius 2 is 2.11 bits per heavy atom. The summed E-state index contributed by atoms with van der Waals surface area (Å²) in [4.78, 5) is 8.36. The summed E-state index contributed by atoms with van der Waals surface area (Å²) in [6, 6.07) is 6.10. The summed E-state index contributed by atoms with van der Waals surface area (Å²) in [5.74, 6) is 1.34. The van der Waals surface area contributed by atoms with E-state index in [1.165, 1.54) is 6.33 Å². The quantitative estimate of drug-likeness (QED) is 0.898. The largest absolute Gasteiger partial charge is 0.383 e. The van der Waals surface area contributed by atoms with Crippen molar-refractivity contribution < 1.29 is 0 Å². The van der Waals surface area contributed by atoms with Crippen molar-refractivity contribution in [3.8, 4) is 0 Å². The van der Waals surface area contributed by atoms with Crippen LogP contribution >= 0.6 is 15.9 Å². The zero-order valence-electron chi connectivity index (χ0n) is 11.1. The Morgan fingerprint density at radius 3 is 2.84 bits per heavy atom. The minimum atomic E-state index is 0.548. The molecule has 2 rings (SSSR count). The first-order valence-electron chi connectivity index (χ1n) is 6.24. The first-order chi connectivity index (χ1) is 9.11. The molecule has 5 heteroatoms. The Labute approximate surface area is 121 Å². The van der Waals surface area contributed by atoms with Crippen LogP contribution in [0.15, 0.2) is 29.0 Å². The van der Waals surface area contributed by atoms with E-state index in [4.69, 9.17) is 5.73 Å². The van der Waals surface area contributed by atoms with Gasteiger partial charge in [-0.25, -0.2) is 9.97 Å². The summed E-state index contributed by atoms with van der Waals surface area (Å²) in [5.41, 5.74) is 9.08. The van der Waals surface area contributed by atoms with Crippen molar-refractivity contribution in [2.24, 2.45) is 0 Å². The zero-order chi connectivity index (χ0) is 13.8. The van der Waals surface area contributed by atoms with E-state index in [0.717, 1.165) is 39.9 Å². The molecule has 0 unspecified atom stereocenters. The van der Waals surface area contributed by atoms with E-state index in [1.807, 2.05) is 12.1 Å². The van der Waals surface area contributed by atoms with Crippen molar-refractivity contribution in [1.82, 2.24) is 9.97 Å². The van der Waals surface area contributed by atoms with Gasteiger partial charge in [0.05, 0.1) is 0 Å². The number of aromatic nitrogens is 2. The smallest absolute Gasteiger partial charge is 0.139 e. The third kappa shape index (κ3) is 3.23. The predicted molar refractivity (Wildman–Crippen MR) is 82.6 cm³/mol. The number of rotatable bonds is 4. The third-order valence-corrected chi connectivity index (χ3v) is 3.42. The number of benzene rings is 1. The third-order valence-electron chi connectivity index (χ3n) is 2.93. The minimum Gasteiger partial charge on any atom is -0.383 e. The molecule has 0 spiro atoms. The van der Waals surface area contributed by atoms with Gasteiger partial charge in [0.1, 0.15) is 18.0 Å². The fourth-order valence-electron chi connectivity index (χ4n) is 1.89.